The second kappa shape index (κ2) is 6.01. The van der Waals surface area contributed by atoms with Crippen molar-refractivity contribution in [2.45, 2.75) is 19.0 Å². The molecule has 1 fully saturated rings. The van der Waals surface area contributed by atoms with Crippen molar-refractivity contribution in [3.8, 4) is 5.75 Å². The number of amides is 1. The molecule has 3 atom stereocenters. The first kappa shape index (κ1) is 16.4. The van der Waals surface area contributed by atoms with Gasteiger partial charge < -0.3 is 10.1 Å². The van der Waals surface area contributed by atoms with Gasteiger partial charge in [0.05, 0.1) is 10.2 Å². The van der Waals surface area contributed by atoms with Crippen LogP contribution in [-0.4, -0.2) is 23.7 Å². The largest absolute Gasteiger partial charge is 0.484 e. The molecule has 0 spiro atoms. The zero-order valence-corrected chi connectivity index (χ0v) is 13.9. The maximum Gasteiger partial charge on any atom is 0.422 e. The van der Waals surface area contributed by atoms with Crippen molar-refractivity contribution in [1.29, 1.82) is 0 Å². The maximum absolute atomic E-state index is 12.4. The SMILES string of the molecule is O=C(Nc1nc2ccc(OCC(F)(F)F)cc2s1)C1CC2C=CC1C2. The molecule has 2 aliphatic rings. The summed E-state index contributed by atoms with van der Waals surface area (Å²) >= 11 is 1.23. The van der Waals surface area contributed by atoms with Crippen LogP contribution in [0.5, 0.6) is 5.75 Å². The summed E-state index contributed by atoms with van der Waals surface area (Å²) < 4.78 is 42.1. The Hall–Kier alpha value is -2.09. The van der Waals surface area contributed by atoms with Crippen molar-refractivity contribution in [3.05, 3.63) is 30.4 Å². The van der Waals surface area contributed by atoms with Gasteiger partial charge >= 0.3 is 6.18 Å². The molecular weight excluding hydrogens is 353 g/mol. The number of carbonyl (C=O) groups excluding carboxylic acids is 1. The Morgan fingerprint density at radius 2 is 2.16 bits per heavy atom. The van der Waals surface area contributed by atoms with Crippen molar-refractivity contribution in [1.82, 2.24) is 4.98 Å². The second-order valence-corrected chi connectivity index (χ2v) is 7.46. The van der Waals surface area contributed by atoms with E-state index in [0.29, 0.717) is 27.2 Å². The maximum atomic E-state index is 12.4. The molecule has 0 aliphatic heterocycles. The van der Waals surface area contributed by atoms with Gasteiger partial charge in [-0.3, -0.25) is 4.79 Å². The number of ether oxygens (including phenoxy) is 1. The van der Waals surface area contributed by atoms with Crippen LogP contribution < -0.4 is 10.1 Å². The minimum absolute atomic E-state index is 0.0207. The number of nitrogens with zero attached hydrogens (tertiary/aromatic N) is 1. The lowest BCUT2D eigenvalue weighted by molar-refractivity contribution is -0.153. The predicted molar refractivity (Wildman–Crippen MR) is 88.6 cm³/mol. The molecule has 1 saturated carbocycles. The van der Waals surface area contributed by atoms with Crippen LogP contribution in [0.4, 0.5) is 18.3 Å². The van der Waals surface area contributed by atoms with Gasteiger partial charge in [-0.15, -0.1) is 0 Å². The van der Waals surface area contributed by atoms with E-state index in [2.05, 4.69) is 22.5 Å². The topological polar surface area (TPSA) is 51.2 Å². The molecule has 0 saturated heterocycles. The van der Waals surface area contributed by atoms with Crippen molar-refractivity contribution in [2.24, 2.45) is 17.8 Å². The standard InChI is InChI=1S/C17H15F3N2O2S/c18-17(19,20)8-24-11-3-4-13-14(7-11)25-16(21-13)22-15(23)12-6-9-1-2-10(12)5-9/h1-4,7,9-10,12H,5-6,8H2,(H,21,22,23). The number of carbonyl (C=O) groups is 1. The van der Waals surface area contributed by atoms with E-state index in [1.54, 1.807) is 6.07 Å². The van der Waals surface area contributed by atoms with Crippen LogP contribution in [0.2, 0.25) is 0 Å². The molecule has 2 aliphatic carbocycles. The number of rotatable bonds is 4. The van der Waals surface area contributed by atoms with Gasteiger partial charge in [0.15, 0.2) is 11.7 Å². The van der Waals surface area contributed by atoms with Crippen molar-refractivity contribution >= 4 is 32.6 Å². The van der Waals surface area contributed by atoms with Crippen molar-refractivity contribution < 1.29 is 22.7 Å². The van der Waals surface area contributed by atoms with Gasteiger partial charge in [0.1, 0.15) is 5.75 Å². The fourth-order valence-electron chi connectivity index (χ4n) is 3.49. The summed E-state index contributed by atoms with van der Waals surface area (Å²) in [7, 11) is 0. The molecule has 25 heavy (non-hydrogen) atoms. The van der Waals surface area contributed by atoms with Crippen LogP contribution in [0.15, 0.2) is 30.4 Å². The van der Waals surface area contributed by atoms with E-state index in [1.165, 1.54) is 23.5 Å². The molecule has 1 amide bonds. The molecule has 1 heterocycles. The van der Waals surface area contributed by atoms with Crippen LogP contribution in [0.3, 0.4) is 0 Å². The monoisotopic (exact) mass is 368 g/mol. The highest BCUT2D eigenvalue weighted by Gasteiger charge is 2.40. The Kier molecular flexibility index (Phi) is 3.94. The Balaban J connectivity index is 1.45. The van der Waals surface area contributed by atoms with Gasteiger partial charge in [-0.25, -0.2) is 4.98 Å². The minimum atomic E-state index is -4.38. The quantitative estimate of drug-likeness (QED) is 0.815. The van der Waals surface area contributed by atoms with Crippen LogP contribution in [0.25, 0.3) is 10.2 Å². The second-order valence-electron chi connectivity index (χ2n) is 6.43. The number of thiazole rings is 1. The first-order valence-corrected chi connectivity index (χ1v) is 8.78. The Bertz CT molecular complexity index is 846. The third-order valence-corrected chi connectivity index (χ3v) is 5.54. The van der Waals surface area contributed by atoms with Crippen molar-refractivity contribution in [3.63, 3.8) is 0 Å². The summed E-state index contributed by atoms with van der Waals surface area (Å²) in [5, 5.41) is 3.31. The zero-order chi connectivity index (χ0) is 17.6. The highest BCUT2D eigenvalue weighted by Crippen LogP contribution is 2.44. The number of fused-ring (bicyclic) bond motifs is 3. The molecule has 0 radical (unpaired) electrons. The number of alkyl halides is 3. The van der Waals surface area contributed by atoms with Crippen molar-refractivity contribution in [2.75, 3.05) is 11.9 Å². The fourth-order valence-corrected chi connectivity index (χ4v) is 4.39. The number of benzene rings is 1. The summed E-state index contributed by atoms with van der Waals surface area (Å²) in [6.07, 6.45) is 1.82. The smallest absolute Gasteiger partial charge is 0.422 e. The lowest BCUT2D eigenvalue weighted by atomic mass is 9.93. The molecule has 3 unspecified atom stereocenters. The van der Waals surface area contributed by atoms with Crippen LogP contribution >= 0.6 is 11.3 Å². The Morgan fingerprint density at radius 3 is 2.84 bits per heavy atom. The third-order valence-electron chi connectivity index (χ3n) is 4.61. The molecule has 1 aromatic heterocycles. The first-order valence-electron chi connectivity index (χ1n) is 7.97. The summed E-state index contributed by atoms with van der Waals surface area (Å²) in [6.45, 7) is -1.33. The number of aromatic nitrogens is 1. The third kappa shape index (κ3) is 3.49. The molecule has 132 valence electrons. The number of halogens is 3. The average molecular weight is 368 g/mol. The molecule has 4 rings (SSSR count). The molecular formula is C17H15F3N2O2S. The first-order chi connectivity index (χ1) is 11.9. The van der Waals surface area contributed by atoms with Crippen LogP contribution in [0, 0.1) is 17.8 Å². The Labute approximate surface area is 145 Å². The van der Waals surface area contributed by atoms with Gasteiger partial charge in [0, 0.05) is 5.92 Å². The van der Waals surface area contributed by atoms with Gasteiger partial charge in [-0.1, -0.05) is 23.5 Å². The number of hydrogen-bond acceptors (Lipinski definition) is 4. The molecule has 4 nitrogen and oxygen atoms in total. The molecule has 1 aromatic carbocycles. The number of allylic oxidation sites excluding steroid dienone is 2. The molecule has 8 heteroatoms. The van der Waals surface area contributed by atoms with Gasteiger partial charge in [0.25, 0.3) is 0 Å². The lowest BCUT2D eigenvalue weighted by Crippen LogP contribution is -2.25. The van der Waals surface area contributed by atoms with E-state index in [1.807, 2.05) is 0 Å². The van der Waals surface area contributed by atoms with Crippen LogP contribution in [-0.2, 0) is 4.79 Å². The normalized spacial score (nSPS) is 24.8. The summed E-state index contributed by atoms with van der Waals surface area (Å²) in [4.78, 5) is 16.8. The van der Waals surface area contributed by atoms with E-state index in [9.17, 15) is 18.0 Å². The number of hydrogen-bond donors (Lipinski definition) is 1. The van der Waals surface area contributed by atoms with E-state index >= 15 is 0 Å². The van der Waals surface area contributed by atoms with Crippen LogP contribution in [0.1, 0.15) is 12.8 Å². The zero-order valence-electron chi connectivity index (χ0n) is 13.0. The summed E-state index contributed by atoms with van der Waals surface area (Å²) in [5.74, 6) is 0.882. The van der Waals surface area contributed by atoms with E-state index in [0.717, 1.165) is 12.8 Å². The Morgan fingerprint density at radius 1 is 1.32 bits per heavy atom. The van der Waals surface area contributed by atoms with Gasteiger partial charge in [-0.2, -0.15) is 13.2 Å². The fraction of sp³-hybridized carbons (Fsp3) is 0.412. The highest BCUT2D eigenvalue weighted by atomic mass is 32.1. The lowest BCUT2D eigenvalue weighted by Gasteiger charge is -2.16. The van der Waals surface area contributed by atoms with Gasteiger partial charge in [0.2, 0.25) is 5.91 Å². The molecule has 2 aromatic rings. The van der Waals surface area contributed by atoms with Gasteiger partial charge in [-0.05, 0) is 42.9 Å². The number of nitrogens with one attached hydrogen (secondary N) is 1. The molecule has 2 bridgehead atoms. The molecule has 1 N–H and O–H groups in total. The number of anilines is 1. The average Bonchev–Trinajstić information content (AvgIpc) is 3.26. The minimum Gasteiger partial charge on any atom is -0.484 e. The summed E-state index contributed by atoms with van der Waals surface area (Å²) in [5.41, 5.74) is 0.618. The predicted octanol–water partition coefficient (Wildman–Crippen LogP) is 4.39. The van der Waals surface area contributed by atoms with E-state index in [4.69, 9.17) is 4.74 Å². The summed E-state index contributed by atoms with van der Waals surface area (Å²) in [6, 6.07) is 4.54. The van der Waals surface area contributed by atoms with E-state index in [-0.39, 0.29) is 17.6 Å². The van der Waals surface area contributed by atoms with E-state index < -0.39 is 12.8 Å². The highest BCUT2D eigenvalue weighted by molar-refractivity contribution is 7.22.